The van der Waals surface area contributed by atoms with Gasteiger partial charge in [0.2, 0.25) is 0 Å². The van der Waals surface area contributed by atoms with Crippen LogP contribution >= 0.6 is 34.8 Å². The van der Waals surface area contributed by atoms with Gasteiger partial charge in [-0.05, 0) is 12.1 Å². The molecule has 0 unspecified atom stereocenters. The van der Waals surface area contributed by atoms with Crippen LogP contribution in [0.15, 0.2) is 18.2 Å². The zero-order valence-electron chi connectivity index (χ0n) is 11.7. The van der Waals surface area contributed by atoms with Crippen LogP contribution in [-0.2, 0) is 11.8 Å². The number of aromatic nitrogens is 1. The summed E-state index contributed by atoms with van der Waals surface area (Å²) in [5.74, 6) is -0.270. The summed E-state index contributed by atoms with van der Waals surface area (Å²) >= 11 is 18.0. The summed E-state index contributed by atoms with van der Waals surface area (Å²) in [5, 5.41) is 6.10. The first kappa shape index (κ1) is 16.0. The SMILES string of the molecule is Cn1c(C(=O)Nc2cc3c(cc2Cl)NC(=O)CO3)cc(Cl)c1Cl. The molecule has 3 rings (SSSR count). The molecule has 1 aliphatic rings. The maximum absolute atomic E-state index is 12.4. The number of halogens is 3. The van der Waals surface area contributed by atoms with Gasteiger partial charge in [0.1, 0.15) is 16.6 Å². The van der Waals surface area contributed by atoms with E-state index in [9.17, 15) is 9.59 Å². The van der Waals surface area contributed by atoms with Crippen LogP contribution in [0.1, 0.15) is 10.5 Å². The lowest BCUT2D eigenvalue weighted by molar-refractivity contribution is -0.118. The third-order valence-electron chi connectivity index (χ3n) is 3.30. The van der Waals surface area contributed by atoms with Crippen LogP contribution < -0.4 is 15.4 Å². The Bertz CT molecular complexity index is 832. The zero-order valence-corrected chi connectivity index (χ0v) is 14.0. The molecule has 1 aromatic heterocycles. The number of hydrogen-bond donors (Lipinski definition) is 2. The summed E-state index contributed by atoms with van der Waals surface area (Å²) < 4.78 is 6.76. The molecule has 0 atom stereocenters. The van der Waals surface area contributed by atoms with E-state index < -0.39 is 5.91 Å². The van der Waals surface area contributed by atoms with Crippen molar-refractivity contribution in [2.45, 2.75) is 0 Å². The van der Waals surface area contributed by atoms with Gasteiger partial charge in [0.15, 0.2) is 6.61 Å². The molecule has 0 saturated heterocycles. The van der Waals surface area contributed by atoms with Crippen LogP contribution in [0.25, 0.3) is 0 Å². The lowest BCUT2D eigenvalue weighted by Crippen LogP contribution is -2.25. The Hall–Kier alpha value is -1.89. The minimum absolute atomic E-state index is 0.0922. The molecule has 0 spiro atoms. The number of amides is 2. The summed E-state index contributed by atoms with van der Waals surface area (Å²) in [5.41, 5.74) is 1.08. The van der Waals surface area contributed by atoms with Gasteiger partial charge in [-0.2, -0.15) is 0 Å². The van der Waals surface area contributed by atoms with E-state index in [0.29, 0.717) is 17.1 Å². The smallest absolute Gasteiger partial charge is 0.272 e. The molecule has 0 aliphatic carbocycles. The highest BCUT2D eigenvalue weighted by Gasteiger charge is 2.21. The highest BCUT2D eigenvalue weighted by Crippen LogP contribution is 2.36. The fraction of sp³-hybridized carbons (Fsp3) is 0.143. The average molecular weight is 375 g/mol. The molecule has 1 aliphatic heterocycles. The number of fused-ring (bicyclic) bond motifs is 1. The van der Waals surface area contributed by atoms with Gasteiger partial charge in [-0.3, -0.25) is 9.59 Å². The summed E-state index contributed by atoms with van der Waals surface area (Å²) in [6.45, 7) is -0.0922. The van der Waals surface area contributed by atoms with E-state index in [4.69, 9.17) is 39.5 Å². The highest BCUT2D eigenvalue weighted by molar-refractivity contribution is 6.42. The van der Waals surface area contributed by atoms with Crippen molar-refractivity contribution in [2.24, 2.45) is 7.05 Å². The van der Waals surface area contributed by atoms with Crippen molar-refractivity contribution in [1.29, 1.82) is 0 Å². The summed E-state index contributed by atoms with van der Waals surface area (Å²) in [6.07, 6.45) is 0. The maximum atomic E-state index is 12.4. The van der Waals surface area contributed by atoms with Gasteiger partial charge in [0.05, 0.1) is 21.4 Å². The maximum Gasteiger partial charge on any atom is 0.272 e. The lowest BCUT2D eigenvalue weighted by atomic mass is 10.2. The predicted octanol–water partition coefficient (Wildman–Crippen LogP) is 3.57. The lowest BCUT2D eigenvalue weighted by Gasteiger charge is -2.19. The van der Waals surface area contributed by atoms with Crippen LogP contribution in [-0.4, -0.2) is 23.0 Å². The summed E-state index contributed by atoms with van der Waals surface area (Å²) in [6, 6.07) is 4.51. The van der Waals surface area contributed by atoms with Crippen molar-refractivity contribution < 1.29 is 14.3 Å². The van der Waals surface area contributed by atoms with E-state index in [1.807, 2.05) is 0 Å². The Balaban J connectivity index is 1.89. The number of hydrogen-bond acceptors (Lipinski definition) is 3. The monoisotopic (exact) mass is 373 g/mol. The Morgan fingerprint density at radius 2 is 2.00 bits per heavy atom. The van der Waals surface area contributed by atoms with Gasteiger partial charge in [-0.1, -0.05) is 34.8 Å². The molecule has 6 nitrogen and oxygen atoms in total. The van der Waals surface area contributed by atoms with Crippen LogP contribution in [0.4, 0.5) is 11.4 Å². The van der Waals surface area contributed by atoms with Crippen molar-refractivity contribution in [3.8, 4) is 5.75 Å². The first-order valence-corrected chi connectivity index (χ1v) is 7.58. The second kappa shape index (κ2) is 5.96. The Morgan fingerprint density at radius 1 is 1.26 bits per heavy atom. The molecule has 1 aromatic carbocycles. The molecule has 0 radical (unpaired) electrons. The van der Waals surface area contributed by atoms with E-state index >= 15 is 0 Å². The third-order valence-corrected chi connectivity index (χ3v) is 4.45. The summed E-state index contributed by atoms with van der Waals surface area (Å²) in [7, 11) is 1.62. The van der Waals surface area contributed by atoms with Gasteiger partial charge in [-0.15, -0.1) is 0 Å². The first-order chi connectivity index (χ1) is 10.9. The van der Waals surface area contributed by atoms with Crippen molar-refractivity contribution in [1.82, 2.24) is 4.57 Å². The van der Waals surface area contributed by atoms with Gasteiger partial charge < -0.3 is 19.9 Å². The Kier molecular flexibility index (Phi) is 4.14. The van der Waals surface area contributed by atoms with E-state index in [2.05, 4.69) is 10.6 Å². The van der Waals surface area contributed by atoms with Crippen LogP contribution in [0.3, 0.4) is 0 Å². The van der Waals surface area contributed by atoms with Gasteiger partial charge in [-0.25, -0.2) is 0 Å². The van der Waals surface area contributed by atoms with Crippen LogP contribution in [0.5, 0.6) is 5.75 Å². The normalized spacial score (nSPS) is 13.1. The molecule has 2 aromatic rings. The second-order valence-electron chi connectivity index (χ2n) is 4.85. The number of nitrogens with zero attached hydrogens (tertiary/aromatic N) is 1. The largest absolute Gasteiger partial charge is 0.482 e. The summed E-state index contributed by atoms with van der Waals surface area (Å²) in [4.78, 5) is 23.6. The fourth-order valence-electron chi connectivity index (χ4n) is 2.14. The van der Waals surface area contributed by atoms with E-state index in [1.54, 1.807) is 13.1 Å². The Morgan fingerprint density at radius 3 is 2.65 bits per heavy atom. The number of benzene rings is 1. The van der Waals surface area contributed by atoms with Gasteiger partial charge in [0, 0.05) is 13.1 Å². The van der Waals surface area contributed by atoms with Crippen molar-refractivity contribution >= 4 is 58.0 Å². The van der Waals surface area contributed by atoms with Crippen molar-refractivity contribution in [3.05, 3.63) is 39.1 Å². The number of ether oxygens (including phenoxy) is 1. The van der Waals surface area contributed by atoms with Crippen molar-refractivity contribution in [3.63, 3.8) is 0 Å². The molecular weight excluding hydrogens is 365 g/mol. The minimum atomic E-state index is -0.428. The molecule has 23 heavy (non-hydrogen) atoms. The van der Waals surface area contributed by atoms with Gasteiger partial charge >= 0.3 is 0 Å². The molecule has 120 valence electrons. The first-order valence-electron chi connectivity index (χ1n) is 6.45. The highest BCUT2D eigenvalue weighted by atomic mass is 35.5. The molecule has 0 saturated carbocycles. The average Bonchev–Trinajstić information content (AvgIpc) is 2.76. The third kappa shape index (κ3) is 2.97. The number of anilines is 2. The number of carbonyl (C=O) groups is 2. The Labute approximate surface area is 146 Å². The molecule has 0 fully saturated rings. The predicted molar refractivity (Wildman–Crippen MR) is 89.0 cm³/mol. The molecule has 0 bridgehead atoms. The zero-order chi connectivity index (χ0) is 16.7. The molecule has 2 heterocycles. The number of rotatable bonds is 2. The minimum Gasteiger partial charge on any atom is -0.482 e. The van der Waals surface area contributed by atoms with Crippen LogP contribution in [0.2, 0.25) is 15.2 Å². The fourth-order valence-corrected chi connectivity index (χ4v) is 2.73. The molecule has 2 N–H and O–H groups in total. The number of nitrogens with one attached hydrogen (secondary N) is 2. The molecule has 9 heteroatoms. The standard InChI is InChI=1S/C14H10Cl3N3O3/c1-20-10(3-7(16)13(20)17)14(22)19-8-4-11-9(2-6(8)15)18-12(21)5-23-11/h2-4H,5H2,1H3,(H,18,21)(H,19,22). The van der Waals surface area contributed by atoms with Gasteiger partial charge in [0.25, 0.3) is 11.8 Å². The quantitative estimate of drug-likeness (QED) is 0.844. The van der Waals surface area contributed by atoms with E-state index in [1.165, 1.54) is 16.7 Å². The van der Waals surface area contributed by atoms with E-state index in [0.717, 1.165) is 0 Å². The van der Waals surface area contributed by atoms with E-state index in [-0.39, 0.29) is 33.4 Å². The van der Waals surface area contributed by atoms with Crippen molar-refractivity contribution in [2.75, 3.05) is 17.2 Å². The topological polar surface area (TPSA) is 72.4 Å². The second-order valence-corrected chi connectivity index (χ2v) is 6.02. The number of carbonyl (C=O) groups excluding carboxylic acids is 2. The molecule has 2 amide bonds. The molecular formula is C14H10Cl3N3O3. The van der Waals surface area contributed by atoms with Crippen LogP contribution in [0, 0.1) is 0 Å².